The first-order chi connectivity index (χ1) is 7.50. The van der Waals surface area contributed by atoms with E-state index in [1.165, 1.54) is 0 Å². The average molecular weight is 215 g/mol. The highest BCUT2D eigenvalue weighted by atomic mass is 15.2. The van der Waals surface area contributed by atoms with E-state index in [0.717, 1.165) is 5.82 Å². The molecule has 0 spiro atoms. The minimum atomic E-state index is -0.0891. The molecule has 0 unspecified atom stereocenters. The van der Waals surface area contributed by atoms with Crippen molar-refractivity contribution in [1.29, 1.82) is 5.26 Å². The van der Waals surface area contributed by atoms with Gasteiger partial charge in [-0.05, 0) is 32.9 Å². The Morgan fingerprint density at radius 2 is 2.25 bits per heavy atom. The van der Waals surface area contributed by atoms with E-state index in [0.29, 0.717) is 12.1 Å². The van der Waals surface area contributed by atoms with Crippen LogP contribution in [-0.2, 0) is 0 Å². The molecule has 0 amide bonds. The number of nitrogens with zero attached hydrogens (tertiary/aromatic N) is 3. The number of pyridine rings is 1. The second-order valence-corrected chi connectivity index (χ2v) is 4.56. The van der Waals surface area contributed by atoms with Crippen molar-refractivity contribution in [3.63, 3.8) is 0 Å². The van der Waals surface area contributed by atoms with Crippen LogP contribution in [0.25, 0.3) is 0 Å². The lowest BCUT2D eigenvalue weighted by Gasteiger charge is -2.36. The van der Waals surface area contributed by atoms with E-state index in [9.17, 15) is 0 Å². The van der Waals surface area contributed by atoms with E-state index in [4.69, 9.17) is 5.26 Å². The molecule has 0 N–H and O–H groups in total. The Morgan fingerprint density at radius 3 is 2.75 bits per heavy atom. The predicted octanol–water partition coefficient (Wildman–Crippen LogP) is 2.74. The summed E-state index contributed by atoms with van der Waals surface area (Å²) in [5, 5.41) is 9.06. The first-order valence-electron chi connectivity index (χ1n) is 5.24. The molecule has 1 rings (SSSR count). The van der Waals surface area contributed by atoms with Gasteiger partial charge in [-0.3, -0.25) is 0 Å². The van der Waals surface area contributed by atoms with Crippen molar-refractivity contribution in [3.05, 3.63) is 36.5 Å². The molecule has 1 aromatic heterocycles. The Balaban J connectivity index is 3.21. The van der Waals surface area contributed by atoms with Gasteiger partial charge in [-0.25, -0.2) is 4.98 Å². The van der Waals surface area contributed by atoms with Gasteiger partial charge in [0.1, 0.15) is 11.9 Å². The molecular formula is C13H17N3. The summed E-state index contributed by atoms with van der Waals surface area (Å²) in [5.74, 6) is 0.720. The number of hydrogen-bond donors (Lipinski definition) is 0. The Kier molecular flexibility index (Phi) is 3.68. The van der Waals surface area contributed by atoms with Gasteiger partial charge in [0.05, 0.1) is 5.56 Å². The highest BCUT2D eigenvalue weighted by Gasteiger charge is 2.23. The van der Waals surface area contributed by atoms with Crippen molar-refractivity contribution in [3.8, 4) is 6.07 Å². The molecule has 0 saturated carbocycles. The maximum atomic E-state index is 9.06. The minimum absolute atomic E-state index is 0.0891. The second-order valence-electron chi connectivity index (χ2n) is 4.56. The van der Waals surface area contributed by atoms with Gasteiger partial charge >= 0.3 is 0 Å². The largest absolute Gasteiger partial charge is 0.347 e. The lowest BCUT2D eigenvalue weighted by molar-refractivity contribution is 0.517. The third-order valence-electron chi connectivity index (χ3n) is 2.28. The molecule has 0 radical (unpaired) electrons. The Morgan fingerprint density at radius 1 is 1.56 bits per heavy atom. The molecule has 0 aliphatic rings. The average Bonchev–Trinajstić information content (AvgIpc) is 2.24. The molecule has 1 aromatic rings. The first kappa shape index (κ1) is 12.3. The van der Waals surface area contributed by atoms with Gasteiger partial charge in [-0.1, -0.05) is 6.08 Å². The summed E-state index contributed by atoms with van der Waals surface area (Å²) in [7, 11) is 0. The van der Waals surface area contributed by atoms with Crippen molar-refractivity contribution >= 4 is 5.82 Å². The van der Waals surface area contributed by atoms with Gasteiger partial charge < -0.3 is 4.90 Å². The van der Waals surface area contributed by atoms with Crippen molar-refractivity contribution in [1.82, 2.24) is 4.98 Å². The third kappa shape index (κ3) is 2.60. The maximum Gasteiger partial charge on any atom is 0.147 e. The molecule has 0 atom stereocenters. The summed E-state index contributed by atoms with van der Waals surface area (Å²) in [6.45, 7) is 10.7. The summed E-state index contributed by atoms with van der Waals surface area (Å²) >= 11 is 0. The third-order valence-corrected chi connectivity index (χ3v) is 2.28. The fourth-order valence-electron chi connectivity index (χ4n) is 1.51. The molecule has 0 aliphatic heterocycles. The highest BCUT2D eigenvalue weighted by molar-refractivity contribution is 5.55. The lowest BCUT2D eigenvalue weighted by atomic mass is 10.0. The van der Waals surface area contributed by atoms with Crippen molar-refractivity contribution < 1.29 is 0 Å². The zero-order valence-corrected chi connectivity index (χ0v) is 10.1. The topological polar surface area (TPSA) is 39.9 Å². The minimum Gasteiger partial charge on any atom is -0.347 e. The monoisotopic (exact) mass is 215 g/mol. The molecule has 84 valence electrons. The Labute approximate surface area is 97.0 Å². The highest BCUT2D eigenvalue weighted by Crippen LogP contribution is 2.24. The standard InChI is InChI=1S/C13H17N3/c1-5-9-16(13(2,3)4)12-11(10-14)7-6-8-15-12/h5-8H,1,9H2,2-4H3. The van der Waals surface area contributed by atoms with Crippen molar-refractivity contribution in [2.45, 2.75) is 26.3 Å². The summed E-state index contributed by atoms with van der Waals surface area (Å²) in [4.78, 5) is 6.36. The van der Waals surface area contributed by atoms with Gasteiger partial charge in [-0.15, -0.1) is 6.58 Å². The summed E-state index contributed by atoms with van der Waals surface area (Å²) < 4.78 is 0. The second kappa shape index (κ2) is 4.80. The fraction of sp³-hybridized carbons (Fsp3) is 0.385. The zero-order valence-electron chi connectivity index (χ0n) is 10.1. The lowest BCUT2D eigenvalue weighted by Crippen LogP contribution is -2.42. The number of rotatable bonds is 3. The summed E-state index contributed by atoms with van der Waals surface area (Å²) in [6.07, 6.45) is 3.53. The Hall–Kier alpha value is -1.82. The molecule has 3 heteroatoms. The van der Waals surface area contributed by atoms with E-state index in [2.05, 4.69) is 43.3 Å². The van der Waals surface area contributed by atoms with E-state index in [-0.39, 0.29) is 5.54 Å². The quantitative estimate of drug-likeness (QED) is 0.728. The molecular weight excluding hydrogens is 198 g/mol. The molecule has 0 aromatic carbocycles. The van der Waals surface area contributed by atoms with E-state index < -0.39 is 0 Å². The Bertz CT molecular complexity index is 410. The molecule has 3 nitrogen and oxygen atoms in total. The van der Waals surface area contributed by atoms with Crippen molar-refractivity contribution in [2.24, 2.45) is 0 Å². The number of hydrogen-bond acceptors (Lipinski definition) is 3. The van der Waals surface area contributed by atoms with Crippen LogP contribution in [0.1, 0.15) is 26.3 Å². The van der Waals surface area contributed by atoms with Crippen LogP contribution in [0, 0.1) is 11.3 Å². The summed E-state index contributed by atoms with van der Waals surface area (Å²) in [5.41, 5.74) is 0.507. The van der Waals surface area contributed by atoms with Crippen LogP contribution in [0.2, 0.25) is 0 Å². The van der Waals surface area contributed by atoms with Crippen LogP contribution in [0.3, 0.4) is 0 Å². The normalized spacial score (nSPS) is 10.6. The van der Waals surface area contributed by atoms with Crippen LogP contribution < -0.4 is 4.90 Å². The molecule has 0 bridgehead atoms. The van der Waals surface area contributed by atoms with Crippen LogP contribution >= 0.6 is 0 Å². The molecule has 0 fully saturated rings. The van der Waals surface area contributed by atoms with E-state index in [1.807, 2.05) is 6.08 Å². The van der Waals surface area contributed by atoms with Gasteiger partial charge in [0.25, 0.3) is 0 Å². The SMILES string of the molecule is C=CCN(c1ncccc1C#N)C(C)(C)C. The zero-order chi connectivity index (χ0) is 12.2. The number of anilines is 1. The van der Waals surface area contributed by atoms with Gasteiger partial charge in [0.15, 0.2) is 0 Å². The summed E-state index contributed by atoms with van der Waals surface area (Å²) in [6, 6.07) is 5.72. The number of aromatic nitrogens is 1. The van der Waals surface area contributed by atoms with Gasteiger partial charge in [0, 0.05) is 18.3 Å². The maximum absolute atomic E-state index is 9.06. The van der Waals surface area contributed by atoms with Crippen LogP contribution in [0.5, 0.6) is 0 Å². The first-order valence-corrected chi connectivity index (χ1v) is 5.24. The molecule has 16 heavy (non-hydrogen) atoms. The van der Waals surface area contributed by atoms with Crippen LogP contribution in [0.15, 0.2) is 31.0 Å². The van der Waals surface area contributed by atoms with E-state index >= 15 is 0 Å². The fourth-order valence-corrected chi connectivity index (χ4v) is 1.51. The predicted molar refractivity (Wildman–Crippen MR) is 66.2 cm³/mol. The smallest absolute Gasteiger partial charge is 0.147 e. The van der Waals surface area contributed by atoms with Crippen molar-refractivity contribution in [2.75, 3.05) is 11.4 Å². The van der Waals surface area contributed by atoms with Gasteiger partial charge in [-0.2, -0.15) is 5.26 Å². The number of nitriles is 1. The van der Waals surface area contributed by atoms with Gasteiger partial charge in [0.2, 0.25) is 0 Å². The molecule has 1 heterocycles. The van der Waals surface area contributed by atoms with Crippen LogP contribution in [-0.4, -0.2) is 17.1 Å². The van der Waals surface area contributed by atoms with E-state index in [1.54, 1.807) is 18.3 Å². The molecule has 0 saturated heterocycles. The molecule has 0 aliphatic carbocycles. The van der Waals surface area contributed by atoms with Crippen LogP contribution in [0.4, 0.5) is 5.82 Å².